The molecule has 1 unspecified atom stereocenters. The number of aliphatic hydroxyl groups is 2. The third-order valence-electron chi connectivity index (χ3n) is 12.7. The summed E-state index contributed by atoms with van der Waals surface area (Å²) in [6.07, 6.45) is 0.212. The molecular weight excluding hydrogens is 789 g/mol. The zero-order chi connectivity index (χ0) is 44.4. The van der Waals surface area contributed by atoms with Crippen molar-refractivity contribution < 1.29 is 53.1 Å². The molecule has 17 heteroatoms. The Hall–Kier alpha value is -4.10. The van der Waals surface area contributed by atoms with Crippen molar-refractivity contribution in [2.45, 2.75) is 141 Å². The Bertz CT molecular complexity index is 1930. The fourth-order valence-electron chi connectivity index (χ4n) is 9.27. The number of aliphatic imine (C=N–C) groups is 1. The summed E-state index contributed by atoms with van der Waals surface area (Å²) in [6, 6.07) is 3.28. The number of rotatable bonds is 7. The molecule has 61 heavy (non-hydrogen) atoms. The van der Waals surface area contributed by atoms with Crippen molar-refractivity contribution in [3.05, 3.63) is 42.5 Å². The van der Waals surface area contributed by atoms with Crippen LogP contribution >= 0.6 is 0 Å². The maximum atomic E-state index is 14.5. The van der Waals surface area contributed by atoms with E-state index in [-0.39, 0.29) is 50.3 Å². The third-order valence-corrected chi connectivity index (χ3v) is 12.7. The van der Waals surface area contributed by atoms with Crippen LogP contribution in [-0.4, -0.2) is 147 Å². The van der Waals surface area contributed by atoms with Crippen LogP contribution in [0.5, 0.6) is 0 Å². The molecule has 4 aliphatic heterocycles. The summed E-state index contributed by atoms with van der Waals surface area (Å²) >= 11 is 0. The fraction of sp³-hybridized carbons (Fsp3) is 0.682. The molecule has 1 amide bonds. The molecule has 0 aromatic carbocycles. The number of likely N-dealkylation sites (N-methyl/N-ethyl adjacent to an activating group) is 1. The molecule has 4 bridgehead atoms. The number of Topliss-reactive ketones (excluding diaryl/α,β-unsaturated/α-hetero) is 1. The number of aliphatic hydroxyl groups excluding tert-OH is 1. The number of nitrogens with zero attached hydrogens (tertiary/aromatic N) is 6. The number of amides is 1. The number of ketones is 1. The molecule has 0 saturated carbocycles. The largest absolute Gasteiger partial charge is 0.459 e. The van der Waals surface area contributed by atoms with E-state index >= 15 is 0 Å². The van der Waals surface area contributed by atoms with Gasteiger partial charge < -0.3 is 43.6 Å². The van der Waals surface area contributed by atoms with Gasteiger partial charge in [0.2, 0.25) is 6.10 Å². The van der Waals surface area contributed by atoms with Crippen molar-refractivity contribution in [2.75, 3.05) is 27.3 Å². The Morgan fingerprint density at radius 3 is 2.38 bits per heavy atom. The van der Waals surface area contributed by atoms with Crippen LogP contribution < -0.4 is 0 Å². The van der Waals surface area contributed by atoms with Crippen molar-refractivity contribution in [3.8, 4) is 11.4 Å². The van der Waals surface area contributed by atoms with Crippen molar-refractivity contribution in [2.24, 2.45) is 33.8 Å². The lowest BCUT2D eigenvalue weighted by Gasteiger charge is -2.47. The lowest BCUT2D eigenvalue weighted by Crippen LogP contribution is -2.60. The standard InChI is InChI=1S/C44H62N6O11/c1-11-34-44(8,55)39-25(4)35-23(2)18-43(7,38(26(5)36(51)27(6)41(54)59-34)60-42-37(52)32(50(9)10)16-24(3)58-42)57-22-29(21-56-39)49-61-33(40(53)48-35)17-28-12-13-30(47-19-28)31-20-45-14-15-46-31/h12-15,19-20,23-27,32-34,37-39,42,52,55H,11,16-18,21-22H2,1-10H3/b48-35?,49-29-/t23-,24-,25+,26+,27-,32+,33?,34-,37-,38-,39-,42+,43-,44-/m1/s1. The van der Waals surface area contributed by atoms with E-state index < -0.39 is 89.3 Å². The number of ether oxygens (including phenoxy) is 5. The summed E-state index contributed by atoms with van der Waals surface area (Å²) in [5.41, 5.74) is -0.764. The van der Waals surface area contributed by atoms with Crippen LogP contribution in [0, 0.1) is 23.7 Å². The number of pyridine rings is 1. The Morgan fingerprint density at radius 1 is 0.967 bits per heavy atom. The highest BCUT2D eigenvalue weighted by Crippen LogP contribution is 2.40. The maximum absolute atomic E-state index is 14.5. The van der Waals surface area contributed by atoms with Gasteiger partial charge in [0.15, 0.2) is 12.1 Å². The molecule has 0 spiro atoms. The van der Waals surface area contributed by atoms with Crippen LogP contribution in [0.2, 0.25) is 0 Å². The number of hydrogen-bond acceptors (Lipinski definition) is 16. The molecule has 6 heterocycles. The average molecular weight is 851 g/mol. The number of hydrogen-bond donors (Lipinski definition) is 2. The van der Waals surface area contributed by atoms with Crippen molar-refractivity contribution in [1.82, 2.24) is 19.9 Å². The fourth-order valence-corrected chi connectivity index (χ4v) is 9.27. The molecule has 3 fully saturated rings. The van der Waals surface area contributed by atoms with Gasteiger partial charge in [-0.2, -0.15) is 0 Å². The number of cyclic esters (lactones) is 1. The monoisotopic (exact) mass is 850 g/mol. The highest BCUT2D eigenvalue weighted by atomic mass is 16.7. The summed E-state index contributed by atoms with van der Waals surface area (Å²) in [7, 11) is 3.73. The first-order valence-electron chi connectivity index (χ1n) is 21.3. The van der Waals surface area contributed by atoms with Crippen LogP contribution in [0.1, 0.15) is 80.2 Å². The SMILES string of the molecule is CC[C@H]1OC(=O)[C@H](C)C(=O)[C@H](C)[C@@H](O[C@@H]2O[C@H](C)C[C@H](N(C)C)[C@H]2O)[C@@]2(C)C[C@@H](C)C3=NC(=O)C(Cc4ccc(-c5cnccn5)nc4)O/N=C(/CO[C@H]([C@H]3C)[C@]1(C)O)CO2. The Kier molecular flexibility index (Phi) is 14.5. The number of carbonyl (C=O) groups excluding carboxylic acids is 3. The van der Waals surface area contributed by atoms with Crippen LogP contribution in [0.25, 0.3) is 11.4 Å². The van der Waals surface area contributed by atoms with Crippen LogP contribution in [0.3, 0.4) is 0 Å². The van der Waals surface area contributed by atoms with Gasteiger partial charge in [-0.15, -0.1) is 0 Å². The van der Waals surface area contributed by atoms with Gasteiger partial charge in [0.25, 0.3) is 5.91 Å². The highest BCUT2D eigenvalue weighted by Gasteiger charge is 2.53. The zero-order valence-electron chi connectivity index (χ0n) is 36.9. The molecule has 2 aromatic heterocycles. The van der Waals surface area contributed by atoms with E-state index in [4.69, 9.17) is 33.5 Å². The average Bonchev–Trinajstić information content (AvgIpc) is 3.26. The van der Waals surface area contributed by atoms with Gasteiger partial charge in [0.1, 0.15) is 35.1 Å². The van der Waals surface area contributed by atoms with Gasteiger partial charge in [-0.25, -0.2) is 4.99 Å². The van der Waals surface area contributed by atoms with E-state index in [0.717, 1.165) is 0 Å². The van der Waals surface area contributed by atoms with Crippen molar-refractivity contribution in [3.63, 3.8) is 0 Å². The van der Waals surface area contributed by atoms with E-state index in [0.29, 0.717) is 29.1 Å². The van der Waals surface area contributed by atoms with Gasteiger partial charge in [-0.05, 0) is 78.6 Å². The van der Waals surface area contributed by atoms with Gasteiger partial charge in [0, 0.05) is 48.6 Å². The number of oxime groups is 1. The van der Waals surface area contributed by atoms with Crippen LogP contribution in [0.15, 0.2) is 47.1 Å². The van der Waals surface area contributed by atoms with E-state index in [1.165, 1.54) is 13.8 Å². The molecule has 14 atom stereocenters. The minimum absolute atomic E-state index is 0.0706. The molecule has 334 valence electrons. The minimum Gasteiger partial charge on any atom is -0.459 e. The molecule has 0 aliphatic carbocycles. The van der Waals surface area contributed by atoms with Crippen LogP contribution in [0.4, 0.5) is 0 Å². The van der Waals surface area contributed by atoms with E-state index in [9.17, 15) is 24.6 Å². The molecule has 0 radical (unpaired) electrons. The first kappa shape index (κ1) is 46.4. The van der Waals surface area contributed by atoms with Crippen molar-refractivity contribution >= 4 is 29.1 Å². The number of aromatic nitrogens is 3. The Morgan fingerprint density at radius 2 is 1.72 bits per heavy atom. The second-order valence-corrected chi connectivity index (χ2v) is 17.8. The third kappa shape index (κ3) is 10.1. The minimum atomic E-state index is -1.85. The van der Waals surface area contributed by atoms with E-state index in [1.807, 2.05) is 45.8 Å². The second kappa shape index (κ2) is 19.1. The Labute approximate surface area is 357 Å². The normalized spacial score (nSPS) is 38.9. The Balaban J connectivity index is 1.47. The summed E-state index contributed by atoms with van der Waals surface area (Å²) in [4.78, 5) is 68.5. The second-order valence-electron chi connectivity index (χ2n) is 17.8. The predicted octanol–water partition coefficient (Wildman–Crippen LogP) is 3.38. The molecular formula is C44H62N6O11. The summed E-state index contributed by atoms with van der Waals surface area (Å²) < 4.78 is 32.4. The first-order valence-corrected chi connectivity index (χ1v) is 21.3. The first-order chi connectivity index (χ1) is 28.8. The molecule has 4 aliphatic rings. The molecule has 2 N–H and O–H groups in total. The summed E-state index contributed by atoms with van der Waals surface area (Å²) in [5, 5.41) is 28.5. The predicted molar refractivity (Wildman–Crippen MR) is 222 cm³/mol. The van der Waals surface area contributed by atoms with Crippen molar-refractivity contribution in [1.29, 1.82) is 0 Å². The summed E-state index contributed by atoms with van der Waals surface area (Å²) in [5.74, 6) is -5.54. The lowest BCUT2D eigenvalue weighted by molar-refractivity contribution is -0.296. The lowest BCUT2D eigenvalue weighted by atomic mass is 9.73. The molecule has 17 nitrogen and oxygen atoms in total. The number of fused-ring (bicyclic) bond motifs is 4. The topological polar surface area (TPSA) is 214 Å². The van der Waals surface area contributed by atoms with Gasteiger partial charge in [-0.1, -0.05) is 38.9 Å². The van der Waals surface area contributed by atoms with Gasteiger partial charge in [0.05, 0.1) is 49.0 Å². The highest BCUT2D eigenvalue weighted by molar-refractivity contribution is 6.01. The smallest absolute Gasteiger partial charge is 0.316 e. The van der Waals surface area contributed by atoms with E-state index in [2.05, 4.69) is 20.1 Å². The number of esters is 1. The zero-order valence-corrected chi connectivity index (χ0v) is 36.9. The van der Waals surface area contributed by atoms with E-state index in [1.54, 1.807) is 51.6 Å². The van der Waals surface area contributed by atoms with Gasteiger partial charge >= 0.3 is 5.97 Å². The van der Waals surface area contributed by atoms with Crippen LogP contribution in [-0.2, 0) is 49.3 Å². The molecule has 2 aromatic rings. The van der Waals surface area contributed by atoms with Gasteiger partial charge in [-0.3, -0.25) is 29.3 Å². The maximum Gasteiger partial charge on any atom is 0.316 e. The molecule has 3 saturated heterocycles. The number of carbonyl (C=O) groups is 3. The molecule has 6 rings (SSSR count). The summed E-state index contributed by atoms with van der Waals surface area (Å²) in [6.45, 7) is 13.4. The quantitative estimate of drug-likeness (QED) is 0.302.